The standard InChI is InChI=1S/C42H44O6S/c1-31-18-24-37(25-19-31)49-42-41(47-29-35-20-22-36(43-2)23-21-35)40(46-28-34-16-10-5-11-17-34)39(45-27-33-14-8-4-9-15-33)38(48-42)30-44-26-32-12-6-3-7-13-32/h3-25,38-42H,26-30H2,1-2H3/t38-,39+,40+,41-,42+/m1/s1. The van der Waals surface area contributed by atoms with E-state index in [4.69, 9.17) is 28.4 Å². The van der Waals surface area contributed by atoms with Crippen LogP contribution in [0.25, 0.3) is 0 Å². The van der Waals surface area contributed by atoms with Gasteiger partial charge in [-0.2, -0.15) is 0 Å². The lowest BCUT2D eigenvalue weighted by Gasteiger charge is -2.46. The minimum atomic E-state index is -0.476. The Morgan fingerprint density at radius 1 is 0.531 bits per heavy atom. The summed E-state index contributed by atoms with van der Waals surface area (Å²) < 4.78 is 39.2. The lowest BCUT2D eigenvalue weighted by atomic mass is 9.98. The SMILES string of the molecule is COc1ccc(CO[C@@H]2[C@@H](OCc3ccccc3)[C@@H](OCc3ccccc3)[C@@H](COCc3ccccc3)O[C@H]2Sc2ccc(C)cc2)cc1. The molecule has 0 spiro atoms. The Morgan fingerprint density at radius 3 is 1.57 bits per heavy atom. The molecule has 49 heavy (non-hydrogen) atoms. The van der Waals surface area contributed by atoms with Gasteiger partial charge in [0.15, 0.2) is 0 Å². The molecule has 1 aliphatic rings. The number of thioether (sulfide) groups is 1. The van der Waals surface area contributed by atoms with E-state index in [0.29, 0.717) is 33.0 Å². The number of rotatable bonds is 16. The molecule has 1 heterocycles. The third-order valence-electron chi connectivity index (χ3n) is 8.43. The zero-order chi connectivity index (χ0) is 33.7. The van der Waals surface area contributed by atoms with E-state index in [2.05, 4.69) is 67.6 Å². The monoisotopic (exact) mass is 676 g/mol. The molecular formula is C42H44O6S. The third kappa shape index (κ3) is 10.3. The van der Waals surface area contributed by atoms with E-state index in [1.807, 2.05) is 78.9 Å². The van der Waals surface area contributed by atoms with Crippen molar-refractivity contribution in [2.75, 3.05) is 13.7 Å². The highest BCUT2D eigenvalue weighted by Gasteiger charge is 2.49. The van der Waals surface area contributed by atoms with Crippen molar-refractivity contribution in [1.29, 1.82) is 0 Å². The van der Waals surface area contributed by atoms with Crippen LogP contribution in [0.1, 0.15) is 27.8 Å². The second kappa shape index (κ2) is 18.2. The van der Waals surface area contributed by atoms with Crippen LogP contribution in [0.3, 0.4) is 0 Å². The van der Waals surface area contributed by atoms with Crippen LogP contribution in [0.15, 0.2) is 144 Å². The average molecular weight is 677 g/mol. The maximum Gasteiger partial charge on any atom is 0.137 e. The number of hydrogen-bond acceptors (Lipinski definition) is 7. The minimum absolute atomic E-state index is 0.329. The molecule has 0 unspecified atom stereocenters. The molecule has 254 valence electrons. The summed E-state index contributed by atoms with van der Waals surface area (Å²) in [6, 6.07) is 47.0. The number of aryl methyl sites for hydroxylation is 1. The predicted octanol–water partition coefficient (Wildman–Crippen LogP) is 8.79. The summed E-state index contributed by atoms with van der Waals surface area (Å²) in [6.07, 6.45) is -1.83. The average Bonchev–Trinajstić information content (AvgIpc) is 3.15. The molecule has 1 fully saturated rings. The van der Waals surface area contributed by atoms with Crippen LogP contribution in [-0.2, 0) is 50.1 Å². The molecule has 0 saturated carbocycles. The summed E-state index contributed by atoms with van der Waals surface area (Å²) in [4.78, 5) is 1.09. The highest BCUT2D eigenvalue weighted by atomic mass is 32.2. The molecule has 0 N–H and O–H groups in total. The van der Waals surface area contributed by atoms with Gasteiger partial charge in [0.05, 0.1) is 40.1 Å². The normalized spacial score (nSPS) is 20.6. The van der Waals surface area contributed by atoms with Gasteiger partial charge in [-0.25, -0.2) is 0 Å². The van der Waals surface area contributed by atoms with Crippen LogP contribution < -0.4 is 4.74 Å². The fourth-order valence-electron chi connectivity index (χ4n) is 5.74. The smallest absolute Gasteiger partial charge is 0.137 e. The summed E-state index contributed by atoms with van der Waals surface area (Å²) in [5, 5.41) is 0. The van der Waals surface area contributed by atoms with Gasteiger partial charge >= 0.3 is 0 Å². The molecule has 1 saturated heterocycles. The minimum Gasteiger partial charge on any atom is -0.497 e. The van der Waals surface area contributed by atoms with Gasteiger partial charge in [-0.15, -0.1) is 0 Å². The molecule has 5 atom stereocenters. The van der Waals surface area contributed by atoms with Gasteiger partial charge in [-0.3, -0.25) is 0 Å². The molecule has 6 rings (SSSR count). The first kappa shape index (κ1) is 34.9. The predicted molar refractivity (Wildman–Crippen MR) is 193 cm³/mol. The van der Waals surface area contributed by atoms with E-state index >= 15 is 0 Å². The van der Waals surface area contributed by atoms with E-state index in [-0.39, 0.29) is 0 Å². The number of hydrogen-bond donors (Lipinski definition) is 0. The first-order chi connectivity index (χ1) is 24.1. The van der Waals surface area contributed by atoms with E-state index in [1.54, 1.807) is 18.9 Å². The Bertz CT molecular complexity index is 1650. The van der Waals surface area contributed by atoms with E-state index in [0.717, 1.165) is 32.9 Å². The van der Waals surface area contributed by atoms with Gasteiger partial charge in [0.1, 0.15) is 35.6 Å². The number of methoxy groups -OCH3 is 1. The van der Waals surface area contributed by atoms with Crippen molar-refractivity contribution in [1.82, 2.24) is 0 Å². The molecule has 7 heteroatoms. The van der Waals surface area contributed by atoms with Gasteiger partial charge < -0.3 is 28.4 Å². The van der Waals surface area contributed by atoms with Crippen molar-refractivity contribution in [2.24, 2.45) is 0 Å². The van der Waals surface area contributed by atoms with Crippen molar-refractivity contribution in [3.05, 3.63) is 167 Å². The summed E-state index contributed by atoms with van der Waals surface area (Å²) in [6.45, 7) is 4.06. The Hall–Kier alpha value is -3.95. The largest absolute Gasteiger partial charge is 0.497 e. The fraction of sp³-hybridized carbons (Fsp3) is 0.286. The first-order valence-electron chi connectivity index (χ1n) is 16.7. The van der Waals surface area contributed by atoms with Crippen LogP contribution in [0.5, 0.6) is 5.75 Å². The van der Waals surface area contributed by atoms with Gasteiger partial charge in [-0.1, -0.05) is 133 Å². The van der Waals surface area contributed by atoms with Crippen LogP contribution in [0.4, 0.5) is 0 Å². The Labute approximate surface area is 294 Å². The maximum atomic E-state index is 6.97. The molecule has 0 aromatic heterocycles. The molecule has 5 aromatic carbocycles. The van der Waals surface area contributed by atoms with Crippen molar-refractivity contribution >= 4 is 11.8 Å². The van der Waals surface area contributed by atoms with E-state index < -0.39 is 29.9 Å². The molecule has 1 aliphatic heterocycles. The van der Waals surface area contributed by atoms with Gasteiger partial charge in [0.2, 0.25) is 0 Å². The second-order valence-electron chi connectivity index (χ2n) is 12.1. The van der Waals surface area contributed by atoms with Crippen LogP contribution in [0.2, 0.25) is 0 Å². The summed E-state index contributed by atoms with van der Waals surface area (Å²) in [5.74, 6) is 0.800. The summed E-state index contributed by atoms with van der Waals surface area (Å²) in [7, 11) is 1.67. The first-order valence-corrected chi connectivity index (χ1v) is 17.6. The van der Waals surface area contributed by atoms with Crippen molar-refractivity contribution < 1.29 is 28.4 Å². The molecule has 6 nitrogen and oxygen atoms in total. The van der Waals surface area contributed by atoms with Crippen molar-refractivity contribution in [2.45, 2.75) is 68.1 Å². The van der Waals surface area contributed by atoms with Crippen LogP contribution in [0, 0.1) is 6.92 Å². The highest BCUT2D eigenvalue weighted by Crippen LogP contribution is 2.38. The topological polar surface area (TPSA) is 55.4 Å². The molecular weight excluding hydrogens is 633 g/mol. The van der Waals surface area contributed by atoms with Crippen LogP contribution >= 0.6 is 11.8 Å². The Morgan fingerprint density at radius 2 is 1.02 bits per heavy atom. The zero-order valence-corrected chi connectivity index (χ0v) is 28.9. The Kier molecular flexibility index (Phi) is 12.9. The molecule has 5 aromatic rings. The number of ether oxygens (including phenoxy) is 6. The quantitative estimate of drug-likeness (QED) is 0.104. The summed E-state index contributed by atoms with van der Waals surface area (Å²) in [5.41, 5.74) is 5.07. The van der Waals surface area contributed by atoms with Gasteiger partial charge in [0.25, 0.3) is 0 Å². The zero-order valence-electron chi connectivity index (χ0n) is 28.1. The molecule has 0 bridgehead atoms. The maximum absolute atomic E-state index is 6.97. The Balaban J connectivity index is 1.32. The highest BCUT2D eigenvalue weighted by molar-refractivity contribution is 7.99. The van der Waals surface area contributed by atoms with Gasteiger partial charge in [0, 0.05) is 4.90 Å². The lowest BCUT2D eigenvalue weighted by Crippen LogP contribution is -2.60. The van der Waals surface area contributed by atoms with E-state index in [1.165, 1.54) is 5.56 Å². The number of benzene rings is 5. The van der Waals surface area contributed by atoms with Crippen molar-refractivity contribution in [3.63, 3.8) is 0 Å². The third-order valence-corrected chi connectivity index (χ3v) is 9.59. The van der Waals surface area contributed by atoms with Gasteiger partial charge in [-0.05, 0) is 53.4 Å². The van der Waals surface area contributed by atoms with E-state index in [9.17, 15) is 0 Å². The second-order valence-corrected chi connectivity index (χ2v) is 13.3. The molecule has 0 radical (unpaired) electrons. The lowest BCUT2D eigenvalue weighted by molar-refractivity contribution is -0.254. The molecule has 0 aliphatic carbocycles. The van der Waals surface area contributed by atoms with Crippen LogP contribution in [-0.4, -0.2) is 43.6 Å². The summed E-state index contributed by atoms with van der Waals surface area (Å²) >= 11 is 1.64. The fourth-order valence-corrected chi connectivity index (χ4v) is 6.87. The molecule has 0 amide bonds. The van der Waals surface area contributed by atoms with Crippen molar-refractivity contribution in [3.8, 4) is 5.75 Å².